The summed E-state index contributed by atoms with van der Waals surface area (Å²) in [6.45, 7) is 1.80. The van der Waals surface area contributed by atoms with Crippen molar-refractivity contribution in [2.24, 2.45) is 0 Å². The molecular formula is C11H19N9. The molecule has 0 unspecified atom stereocenters. The second-order valence-electron chi connectivity index (χ2n) is 4.46. The van der Waals surface area contributed by atoms with Crippen molar-refractivity contribution in [2.75, 3.05) is 44.9 Å². The molecule has 20 heavy (non-hydrogen) atoms. The van der Waals surface area contributed by atoms with Crippen LogP contribution in [-0.2, 0) is 0 Å². The number of hydrogen-bond donors (Lipinski definition) is 2. The molecule has 0 aliphatic rings. The second-order valence-corrected chi connectivity index (χ2v) is 4.46. The molecule has 0 saturated heterocycles. The smallest absolute Gasteiger partial charge is 0.258 e. The molecule has 0 aromatic carbocycles. The summed E-state index contributed by atoms with van der Waals surface area (Å²) in [5, 5.41) is 10.1. The summed E-state index contributed by atoms with van der Waals surface area (Å²) in [7, 11) is 5.85. The Bertz CT molecular complexity index is 523. The summed E-state index contributed by atoms with van der Waals surface area (Å²) in [5.74, 6) is 1.44. The molecule has 2 aromatic heterocycles. The van der Waals surface area contributed by atoms with Crippen molar-refractivity contribution in [1.29, 1.82) is 0 Å². The van der Waals surface area contributed by atoms with E-state index in [9.17, 15) is 0 Å². The molecule has 0 aliphatic heterocycles. The van der Waals surface area contributed by atoms with E-state index in [0.717, 1.165) is 19.5 Å². The lowest BCUT2D eigenvalue weighted by atomic mass is 10.4. The van der Waals surface area contributed by atoms with Crippen LogP contribution in [0.1, 0.15) is 6.42 Å². The Hall–Kier alpha value is -2.29. The summed E-state index contributed by atoms with van der Waals surface area (Å²) >= 11 is 0. The van der Waals surface area contributed by atoms with E-state index in [1.807, 2.05) is 14.1 Å². The SMILES string of the molecule is CNc1nc(NCCCN(C)C)nc(-n2cncn2)n1. The highest BCUT2D eigenvalue weighted by Gasteiger charge is 2.07. The van der Waals surface area contributed by atoms with E-state index in [-0.39, 0.29) is 0 Å². The number of aromatic nitrogens is 6. The standard InChI is InChI=1S/C11H19N9/c1-12-9-16-10(14-5-4-6-19(2)3)18-11(17-9)20-8-13-7-15-20/h7-8H,4-6H2,1-3H3,(H2,12,14,16,17,18). The molecule has 9 heteroatoms. The molecule has 0 radical (unpaired) electrons. The average molecular weight is 277 g/mol. The Labute approximate surface area is 117 Å². The first-order valence-electron chi connectivity index (χ1n) is 6.36. The number of rotatable bonds is 7. The number of hydrogen-bond acceptors (Lipinski definition) is 8. The van der Waals surface area contributed by atoms with Gasteiger partial charge >= 0.3 is 0 Å². The van der Waals surface area contributed by atoms with Crippen molar-refractivity contribution in [1.82, 2.24) is 34.6 Å². The van der Waals surface area contributed by atoms with Gasteiger partial charge in [0, 0.05) is 13.6 Å². The van der Waals surface area contributed by atoms with Crippen molar-refractivity contribution in [3.63, 3.8) is 0 Å². The lowest BCUT2D eigenvalue weighted by Gasteiger charge is -2.10. The molecule has 0 bridgehead atoms. The Morgan fingerprint density at radius 2 is 2.00 bits per heavy atom. The lowest BCUT2D eigenvalue weighted by Crippen LogP contribution is -2.18. The van der Waals surface area contributed by atoms with E-state index in [4.69, 9.17) is 0 Å². The molecule has 108 valence electrons. The third-order valence-electron chi connectivity index (χ3n) is 2.54. The van der Waals surface area contributed by atoms with Gasteiger partial charge in [0.1, 0.15) is 12.7 Å². The Morgan fingerprint density at radius 3 is 2.65 bits per heavy atom. The van der Waals surface area contributed by atoms with Crippen LogP contribution in [0.5, 0.6) is 0 Å². The summed E-state index contributed by atoms with van der Waals surface area (Å²) in [4.78, 5) is 18.8. The van der Waals surface area contributed by atoms with E-state index in [2.05, 4.69) is 40.6 Å². The molecule has 0 spiro atoms. The van der Waals surface area contributed by atoms with Gasteiger partial charge in [0.2, 0.25) is 11.9 Å². The van der Waals surface area contributed by atoms with Gasteiger partial charge in [-0.3, -0.25) is 0 Å². The van der Waals surface area contributed by atoms with Crippen molar-refractivity contribution in [2.45, 2.75) is 6.42 Å². The quantitative estimate of drug-likeness (QED) is 0.675. The normalized spacial score (nSPS) is 10.8. The first-order chi connectivity index (χ1) is 9.69. The fraction of sp³-hybridized carbons (Fsp3) is 0.545. The number of nitrogens with zero attached hydrogens (tertiary/aromatic N) is 7. The highest BCUT2D eigenvalue weighted by Crippen LogP contribution is 2.07. The highest BCUT2D eigenvalue weighted by atomic mass is 15.4. The van der Waals surface area contributed by atoms with Crippen LogP contribution in [0.15, 0.2) is 12.7 Å². The van der Waals surface area contributed by atoms with Crippen molar-refractivity contribution in [3.8, 4) is 5.95 Å². The summed E-state index contributed by atoms with van der Waals surface area (Å²) in [6, 6.07) is 0. The molecule has 2 heterocycles. The van der Waals surface area contributed by atoms with Crippen LogP contribution in [-0.4, -0.2) is 68.8 Å². The zero-order valence-electron chi connectivity index (χ0n) is 11.9. The minimum Gasteiger partial charge on any atom is -0.357 e. The Kier molecular flexibility index (Phi) is 4.77. The Balaban J connectivity index is 2.06. The fourth-order valence-electron chi connectivity index (χ4n) is 1.57. The van der Waals surface area contributed by atoms with Crippen LogP contribution < -0.4 is 10.6 Å². The van der Waals surface area contributed by atoms with E-state index < -0.39 is 0 Å². The summed E-state index contributed by atoms with van der Waals surface area (Å²) in [5.41, 5.74) is 0. The van der Waals surface area contributed by atoms with Crippen LogP contribution in [0, 0.1) is 0 Å². The van der Waals surface area contributed by atoms with Crippen LogP contribution >= 0.6 is 0 Å². The van der Waals surface area contributed by atoms with Crippen molar-refractivity contribution >= 4 is 11.9 Å². The largest absolute Gasteiger partial charge is 0.357 e. The summed E-state index contributed by atoms with van der Waals surface area (Å²) < 4.78 is 1.49. The zero-order chi connectivity index (χ0) is 14.4. The van der Waals surface area contributed by atoms with Gasteiger partial charge in [0.25, 0.3) is 5.95 Å². The van der Waals surface area contributed by atoms with Gasteiger partial charge in [-0.1, -0.05) is 0 Å². The number of anilines is 2. The molecule has 2 aromatic rings. The molecule has 2 rings (SSSR count). The molecule has 9 nitrogen and oxygen atoms in total. The zero-order valence-corrected chi connectivity index (χ0v) is 11.9. The second kappa shape index (κ2) is 6.75. The molecular weight excluding hydrogens is 258 g/mol. The highest BCUT2D eigenvalue weighted by molar-refractivity contribution is 5.37. The van der Waals surface area contributed by atoms with Gasteiger partial charge in [-0.05, 0) is 27.1 Å². The van der Waals surface area contributed by atoms with Crippen molar-refractivity contribution in [3.05, 3.63) is 12.7 Å². The van der Waals surface area contributed by atoms with E-state index in [1.165, 1.54) is 11.0 Å². The van der Waals surface area contributed by atoms with Gasteiger partial charge < -0.3 is 15.5 Å². The first kappa shape index (κ1) is 14.1. The first-order valence-corrected chi connectivity index (χ1v) is 6.36. The van der Waals surface area contributed by atoms with Gasteiger partial charge in [0.05, 0.1) is 0 Å². The van der Waals surface area contributed by atoms with Gasteiger partial charge in [0.15, 0.2) is 0 Å². The van der Waals surface area contributed by atoms with Crippen molar-refractivity contribution < 1.29 is 0 Å². The van der Waals surface area contributed by atoms with Crippen LogP contribution in [0.2, 0.25) is 0 Å². The van der Waals surface area contributed by atoms with Crippen LogP contribution in [0.3, 0.4) is 0 Å². The van der Waals surface area contributed by atoms with E-state index >= 15 is 0 Å². The van der Waals surface area contributed by atoms with Crippen LogP contribution in [0.25, 0.3) is 5.95 Å². The van der Waals surface area contributed by atoms with E-state index in [0.29, 0.717) is 17.8 Å². The molecule has 0 amide bonds. The third-order valence-corrected chi connectivity index (χ3v) is 2.54. The van der Waals surface area contributed by atoms with Crippen LogP contribution in [0.4, 0.5) is 11.9 Å². The molecule has 0 fully saturated rings. The molecule has 2 N–H and O–H groups in total. The summed E-state index contributed by atoms with van der Waals surface area (Å²) in [6.07, 6.45) is 3.99. The minimum atomic E-state index is 0.428. The van der Waals surface area contributed by atoms with Gasteiger partial charge in [-0.2, -0.15) is 24.7 Å². The topological polar surface area (TPSA) is 96.7 Å². The predicted octanol–water partition coefficient (Wildman–Crippen LogP) is -0.142. The maximum absolute atomic E-state index is 4.31. The monoisotopic (exact) mass is 277 g/mol. The Morgan fingerprint density at radius 1 is 1.20 bits per heavy atom. The molecule has 0 saturated carbocycles. The van der Waals surface area contributed by atoms with Gasteiger partial charge in [-0.25, -0.2) is 4.98 Å². The lowest BCUT2D eigenvalue weighted by molar-refractivity contribution is 0.405. The number of nitrogens with one attached hydrogen (secondary N) is 2. The van der Waals surface area contributed by atoms with Gasteiger partial charge in [-0.15, -0.1) is 0 Å². The maximum atomic E-state index is 4.31. The fourth-order valence-corrected chi connectivity index (χ4v) is 1.57. The van der Waals surface area contributed by atoms with E-state index in [1.54, 1.807) is 13.4 Å². The average Bonchev–Trinajstić information content (AvgIpc) is 2.97. The molecule has 0 aliphatic carbocycles. The third kappa shape index (κ3) is 3.85. The predicted molar refractivity (Wildman–Crippen MR) is 76.0 cm³/mol. The minimum absolute atomic E-state index is 0.428. The maximum Gasteiger partial charge on any atom is 0.258 e. The molecule has 0 atom stereocenters.